The van der Waals surface area contributed by atoms with Crippen molar-refractivity contribution in [1.29, 1.82) is 0 Å². The molecule has 7 heteroatoms. The van der Waals surface area contributed by atoms with E-state index in [0.29, 0.717) is 18.1 Å². The Hall–Kier alpha value is -0.140. The normalized spacial score (nSPS) is 15.9. The molecule has 1 aliphatic rings. The lowest BCUT2D eigenvalue weighted by Gasteiger charge is -2.21. The minimum Gasteiger partial charge on any atom is -0.426 e. The molecule has 2 aromatic carbocycles. The number of anilines is 1. The monoisotopic (exact) mass is 731 g/mol. The number of halogens is 3. The maximum atomic E-state index is 12.8. The van der Waals surface area contributed by atoms with Gasteiger partial charge in [0.25, 0.3) is 0 Å². The van der Waals surface area contributed by atoms with Crippen molar-refractivity contribution in [3.63, 3.8) is 0 Å². The second-order valence-electron chi connectivity index (χ2n) is 7.49. The third kappa shape index (κ3) is 5.97. The standard InChI is InChI=1S/C22H25I3N2O2/c1-2-13(11-17-18(23)12-19(24)21(26)20(17)25)22(28)29-16-5-3-14(4-6-16)15-7-9-27-10-8-15/h3-6,12-13,15,27H,2,7-11,26H2,1H3/p+1. The van der Waals surface area contributed by atoms with Gasteiger partial charge in [-0.15, -0.1) is 0 Å². The van der Waals surface area contributed by atoms with Crippen LogP contribution in [0.15, 0.2) is 30.3 Å². The molecule has 1 atom stereocenters. The zero-order valence-electron chi connectivity index (χ0n) is 16.4. The highest BCUT2D eigenvalue weighted by atomic mass is 127. The maximum absolute atomic E-state index is 12.8. The van der Waals surface area contributed by atoms with Crippen molar-refractivity contribution in [2.24, 2.45) is 5.92 Å². The molecular weight excluding hydrogens is 705 g/mol. The molecule has 4 N–H and O–H groups in total. The number of carbonyl (C=O) groups excluding carboxylic acids is 1. The SMILES string of the molecule is CCC(Cc1c(I)cc(I)c(N)c1I)C(=O)Oc1ccc(C2CC[NH2+]CC2)cc1. The van der Waals surface area contributed by atoms with Gasteiger partial charge in [0.2, 0.25) is 0 Å². The molecule has 0 aromatic heterocycles. The van der Waals surface area contributed by atoms with Crippen molar-refractivity contribution in [1.82, 2.24) is 0 Å². The van der Waals surface area contributed by atoms with Gasteiger partial charge < -0.3 is 15.8 Å². The predicted molar refractivity (Wildman–Crippen MR) is 142 cm³/mol. The molecule has 1 saturated heterocycles. The molecule has 3 rings (SSSR count). The Kier molecular flexibility index (Phi) is 8.87. The Labute approximate surface area is 213 Å². The molecule has 1 unspecified atom stereocenters. The highest BCUT2D eigenvalue weighted by Gasteiger charge is 2.23. The maximum Gasteiger partial charge on any atom is 0.314 e. The van der Waals surface area contributed by atoms with Gasteiger partial charge in [-0.05, 0) is 116 Å². The van der Waals surface area contributed by atoms with E-state index in [9.17, 15) is 4.79 Å². The van der Waals surface area contributed by atoms with Gasteiger partial charge in [-0.1, -0.05) is 19.1 Å². The van der Waals surface area contributed by atoms with Crippen molar-refractivity contribution in [2.75, 3.05) is 18.8 Å². The zero-order chi connectivity index (χ0) is 21.0. The van der Waals surface area contributed by atoms with Gasteiger partial charge in [-0.3, -0.25) is 4.79 Å². The van der Waals surface area contributed by atoms with Crippen molar-refractivity contribution in [3.8, 4) is 5.75 Å². The fraction of sp³-hybridized carbons (Fsp3) is 0.409. The number of nitrogen functional groups attached to an aromatic ring is 1. The third-order valence-electron chi connectivity index (χ3n) is 5.59. The summed E-state index contributed by atoms with van der Waals surface area (Å²) in [4.78, 5) is 12.8. The molecule has 0 radical (unpaired) electrons. The Balaban J connectivity index is 1.68. The van der Waals surface area contributed by atoms with Crippen LogP contribution < -0.4 is 15.8 Å². The summed E-state index contributed by atoms with van der Waals surface area (Å²) in [6.45, 7) is 4.42. The van der Waals surface area contributed by atoms with Crippen LogP contribution in [0.3, 0.4) is 0 Å². The van der Waals surface area contributed by atoms with E-state index in [4.69, 9.17) is 10.5 Å². The average Bonchev–Trinajstić information content (AvgIpc) is 2.73. The molecule has 156 valence electrons. The lowest BCUT2D eigenvalue weighted by atomic mass is 9.90. The van der Waals surface area contributed by atoms with E-state index in [-0.39, 0.29) is 11.9 Å². The smallest absolute Gasteiger partial charge is 0.314 e. The summed E-state index contributed by atoms with van der Waals surface area (Å²) < 4.78 is 8.97. The highest BCUT2D eigenvalue weighted by molar-refractivity contribution is 14.1. The highest BCUT2D eigenvalue weighted by Crippen LogP contribution is 2.32. The first kappa shape index (κ1) is 23.5. The van der Waals surface area contributed by atoms with E-state index in [1.54, 1.807) is 0 Å². The van der Waals surface area contributed by atoms with Gasteiger partial charge in [0.15, 0.2) is 0 Å². The molecule has 0 bridgehead atoms. The number of ether oxygens (including phenoxy) is 1. The van der Waals surface area contributed by atoms with Gasteiger partial charge in [0, 0.05) is 23.6 Å². The molecule has 29 heavy (non-hydrogen) atoms. The van der Waals surface area contributed by atoms with E-state index in [2.05, 4.69) is 91.3 Å². The predicted octanol–water partition coefficient (Wildman–Crippen LogP) is 4.70. The van der Waals surface area contributed by atoms with E-state index in [1.165, 1.54) is 31.5 Å². The Morgan fingerprint density at radius 2 is 1.83 bits per heavy atom. The molecule has 4 nitrogen and oxygen atoms in total. The fourth-order valence-electron chi connectivity index (χ4n) is 3.74. The number of carbonyl (C=O) groups is 1. The third-order valence-corrected chi connectivity index (χ3v) is 8.67. The topological polar surface area (TPSA) is 68.9 Å². The van der Waals surface area contributed by atoms with Crippen molar-refractivity contribution < 1.29 is 14.8 Å². The summed E-state index contributed by atoms with van der Waals surface area (Å²) in [7, 11) is 0. The summed E-state index contributed by atoms with van der Waals surface area (Å²) >= 11 is 6.87. The molecule has 0 aliphatic carbocycles. The molecule has 0 amide bonds. The van der Waals surface area contributed by atoms with Gasteiger partial charge >= 0.3 is 5.97 Å². The van der Waals surface area contributed by atoms with Gasteiger partial charge in [-0.25, -0.2) is 0 Å². The van der Waals surface area contributed by atoms with E-state index in [0.717, 1.165) is 28.4 Å². The van der Waals surface area contributed by atoms with Crippen LogP contribution in [-0.2, 0) is 11.2 Å². The molecule has 0 saturated carbocycles. The van der Waals surface area contributed by atoms with Crippen LogP contribution in [0.25, 0.3) is 0 Å². The second kappa shape index (κ2) is 10.9. The van der Waals surface area contributed by atoms with Crippen LogP contribution >= 0.6 is 67.8 Å². The minimum atomic E-state index is -0.190. The largest absolute Gasteiger partial charge is 0.426 e. The van der Waals surface area contributed by atoms with Gasteiger partial charge in [-0.2, -0.15) is 0 Å². The summed E-state index contributed by atoms with van der Waals surface area (Å²) in [6.07, 6.45) is 3.80. The van der Waals surface area contributed by atoms with Crippen molar-refractivity contribution in [2.45, 2.75) is 38.5 Å². The van der Waals surface area contributed by atoms with E-state index < -0.39 is 0 Å². The number of esters is 1. The molecule has 2 aromatic rings. The molecule has 1 aliphatic heterocycles. The summed E-state index contributed by atoms with van der Waals surface area (Å²) in [5.74, 6) is 0.899. The Morgan fingerprint density at radius 3 is 2.45 bits per heavy atom. The zero-order valence-corrected chi connectivity index (χ0v) is 22.9. The number of quaternary nitrogens is 1. The van der Waals surface area contributed by atoms with Gasteiger partial charge in [0.05, 0.1) is 24.7 Å². The fourth-order valence-corrected chi connectivity index (χ4v) is 7.56. The first-order chi connectivity index (χ1) is 13.9. The summed E-state index contributed by atoms with van der Waals surface area (Å²) in [6, 6.07) is 10.2. The number of piperidine rings is 1. The molecule has 1 fully saturated rings. The molecule has 1 heterocycles. The quantitative estimate of drug-likeness (QED) is 0.196. The van der Waals surface area contributed by atoms with E-state index >= 15 is 0 Å². The van der Waals surface area contributed by atoms with Crippen LogP contribution in [0.5, 0.6) is 5.75 Å². The molecule has 0 spiro atoms. The van der Waals surface area contributed by atoms with Gasteiger partial charge in [0.1, 0.15) is 5.75 Å². The average molecular weight is 731 g/mol. The summed E-state index contributed by atoms with van der Waals surface area (Å²) in [5.41, 5.74) is 9.49. The Bertz CT molecular complexity index is 865. The lowest BCUT2D eigenvalue weighted by Crippen LogP contribution is -2.86. The van der Waals surface area contributed by atoms with Crippen LogP contribution in [0.4, 0.5) is 5.69 Å². The van der Waals surface area contributed by atoms with Crippen LogP contribution in [0.1, 0.15) is 43.2 Å². The second-order valence-corrected chi connectivity index (χ2v) is 10.9. The number of rotatable bonds is 6. The number of nitrogens with two attached hydrogens (primary N) is 2. The van der Waals surface area contributed by atoms with Crippen LogP contribution in [0, 0.1) is 16.6 Å². The lowest BCUT2D eigenvalue weighted by molar-refractivity contribution is -0.663. The number of benzene rings is 2. The summed E-state index contributed by atoms with van der Waals surface area (Å²) in [5, 5.41) is 2.38. The van der Waals surface area contributed by atoms with Crippen molar-refractivity contribution in [3.05, 3.63) is 52.2 Å². The minimum absolute atomic E-state index is 0.170. The molecular formula is C22H26I3N2O2+. The Morgan fingerprint density at radius 1 is 1.17 bits per heavy atom. The van der Waals surface area contributed by atoms with Crippen molar-refractivity contribution >= 4 is 79.4 Å². The van der Waals surface area contributed by atoms with E-state index in [1.807, 2.05) is 19.1 Å². The number of hydrogen-bond donors (Lipinski definition) is 2. The van der Waals surface area contributed by atoms with Crippen LogP contribution in [-0.4, -0.2) is 19.1 Å². The first-order valence-corrected chi connectivity index (χ1v) is 13.2. The first-order valence-electron chi connectivity index (χ1n) is 9.95. The van der Waals surface area contributed by atoms with Crippen LogP contribution in [0.2, 0.25) is 0 Å². The number of hydrogen-bond acceptors (Lipinski definition) is 3.